The summed E-state index contributed by atoms with van der Waals surface area (Å²) >= 11 is 1.26. The van der Waals surface area contributed by atoms with Crippen LogP contribution in [0.15, 0.2) is 70.6 Å². The molecular formula is C26H25N3O2S. The van der Waals surface area contributed by atoms with Gasteiger partial charge in [-0.05, 0) is 62.6 Å². The summed E-state index contributed by atoms with van der Waals surface area (Å²) in [6.07, 6.45) is 0. The zero-order valence-corrected chi connectivity index (χ0v) is 19.4. The third-order valence-electron chi connectivity index (χ3n) is 5.42. The number of rotatable bonds is 5. The third kappa shape index (κ3) is 4.32. The van der Waals surface area contributed by atoms with E-state index in [1.165, 1.54) is 11.8 Å². The van der Waals surface area contributed by atoms with Crippen molar-refractivity contribution in [1.82, 2.24) is 9.55 Å². The van der Waals surface area contributed by atoms with Crippen LogP contribution in [0.3, 0.4) is 0 Å². The largest absolute Gasteiger partial charge is 0.325 e. The number of anilines is 1. The van der Waals surface area contributed by atoms with Gasteiger partial charge in [0.2, 0.25) is 5.91 Å². The number of nitrogens with one attached hydrogen (secondary N) is 1. The zero-order valence-electron chi connectivity index (χ0n) is 18.6. The molecule has 0 radical (unpaired) electrons. The van der Waals surface area contributed by atoms with E-state index in [1.807, 2.05) is 82.3 Å². The Labute approximate surface area is 191 Å². The molecule has 32 heavy (non-hydrogen) atoms. The Bertz CT molecular complexity index is 1370. The fourth-order valence-corrected chi connectivity index (χ4v) is 4.60. The first-order valence-electron chi connectivity index (χ1n) is 10.4. The van der Waals surface area contributed by atoms with Crippen molar-refractivity contribution in [3.05, 3.63) is 93.3 Å². The lowest BCUT2D eigenvalue weighted by Gasteiger charge is -2.16. The SMILES string of the molecule is Cc1ccc(-n2c(SCC(=O)Nc3c(C)cccc3C)nc3ccccc3c2=O)c(C)c1. The number of para-hydroxylation sites is 2. The third-order valence-corrected chi connectivity index (χ3v) is 6.35. The lowest BCUT2D eigenvalue weighted by Crippen LogP contribution is -2.23. The van der Waals surface area contributed by atoms with Crippen LogP contribution in [0.25, 0.3) is 16.6 Å². The topological polar surface area (TPSA) is 64.0 Å². The van der Waals surface area contributed by atoms with Crippen LogP contribution in [0, 0.1) is 27.7 Å². The lowest BCUT2D eigenvalue weighted by molar-refractivity contribution is -0.113. The van der Waals surface area contributed by atoms with E-state index in [2.05, 4.69) is 5.32 Å². The highest BCUT2D eigenvalue weighted by Crippen LogP contribution is 2.25. The average molecular weight is 444 g/mol. The van der Waals surface area contributed by atoms with E-state index < -0.39 is 0 Å². The predicted octanol–water partition coefficient (Wildman–Crippen LogP) is 5.35. The second kappa shape index (κ2) is 9.01. The van der Waals surface area contributed by atoms with E-state index in [4.69, 9.17) is 4.98 Å². The van der Waals surface area contributed by atoms with Gasteiger partial charge in [-0.15, -0.1) is 0 Å². The number of hydrogen-bond donors (Lipinski definition) is 1. The molecule has 162 valence electrons. The summed E-state index contributed by atoms with van der Waals surface area (Å²) in [7, 11) is 0. The van der Waals surface area contributed by atoms with E-state index in [1.54, 1.807) is 10.6 Å². The maximum Gasteiger partial charge on any atom is 0.266 e. The Hall–Kier alpha value is -3.38. The number of aromatic nitrogens is 2. The van der Waals surface area contributed by atoms with Gasteiger partial charge in [-0.25, -0.2) is 4.98 Å². The molecule has 1 aromatic heterocycles. The molecule has 0 spiro atoms. The molecule has 4 aromatic rings. The standard InChI is InChI=1S/C26H25N3O2S/c1-16-12-13-22(19(4)14-16)29-25(31)20-10-5-6-11-21(20)27-26(29)32-15-23(30)28-24-17(2)8-7-9-18(24)3/h5-14H,15H2,1-4H3,(H,28,30). The first-order valence-corrected chi connectivity index (χ1v) is 11.4. The summed E-state index contributed by atoms with van der Waals surface area (Å²) in [5, 5.41) is 4.05. The highest BCUT2D eigenvalue weighted by Gasteiger charge is 2.16. The summed E-state index contributed by atoms with van der Waals surface area (Å²) in [6, 6.07) is 19.2. The molecule has 0 atom stereocenters. The van der Waals surface area contributed by atoms with Gasteiger partial charge >= 0.3 is 0 Å². The van der Waals surface area contributed by atoms with E-state index >= 15 is 0 Å². The minimum absolute atomic E-state index is 0.137. The van der Waals surface area contributed by atoms with Crippen molar-refractivity contribution in [3.8, 4) is 5.69 Å². The number of fused-ring (bicyclic) bond motifs is 1. The fraction of sp³-hybridized carbons (Fsp3) is 0.192. The molecule has 1 heterocycles. The maximum absolute atomic E-state index is 13.4. The zero-order chi connectivity index (χ0) is 22.8. The fourth-order valence-electron chi connectivity index (χ4n) is 3.80. The summed E-state index contributed by atoms with van der Waals surface area (Å²) in [5.41, 5.74) is 6.21. The first-order chi connectivity index (χ1) is 15.3. The number of thioether (sulfide) groups is 1. The molecule has 0 saturated carbocycles. The number of aryl methyl sites for hydroxylation is 4. The van der Waals surface area contributed by atoms with Gasteiger partial charge in [0, 0.05) is 5.69 Å². The van der Waals surface area contributed by atoms with Crippen LogP contribution in [0.2, 0.25) is 0 Å². The molecule has 0 fully saturated rings. The minimum Gasteiger partial charge on any atom is -0.325 e. The summed E-state index contributed by atoms with van der Waals surface area (Å²) in [4.78, 5) is 30.9. The summed E-state index contributed by atoms with van der Waals surface area (Å²) < 4.78 is 1.62. The molecular weight excluding hydrogens is 418 g/mol. The van der Waals surface area contributed by atoms with Crippen LogP contribution < -0.4 is 10.9 Å². The molecule has 0 aliphatic rings. The highest BCUT2D eigenvalue weighted by molar-refractivity contribution is 7.99. The smallest absolute Gasteiger partial charge is 0.266 e. The van der Waals surface area contributed by atoms with Crippen LogP contribution >= 0.6 is 11.8 Å². The van der Waals surface area contributed by atoms with Gasteiger partial charge in [0.1, 0.15) is 0 Å². The number of hydrogen-bond acceptors (Lipinski definition) is 4. The van der Waals surface area contributed by atoms with Gasteiger partial charge in [-0.1, -0.05) is 59.8 Å². The molecule has 4 rings (SSSR count). The molecule has 0 aliphatic heterocycles. The van der Waals surface area contributed by atoms with E-state index in [9.17, 15) is 9.59 Å². The summed E-state index contributed by atoms with van der Waals surface area (Å²) in [5.74, 6) is 0.00527. The van der Waals surface area contributed by atoms with Crippen molar-refractivity contribution in [2.45, 2.75) is 32.9 Å². The highest BCUT2D eigenvalue weighted by atomic mass is 32.2. The molecule has 3 aromatic carbocycles. The normalized spacial score (nSPS) is 11.0. The molecule has 0 bridgehead atoms. The van der Waals surface area contributed by atoms with E-state index in [0.29, 0.717) is 16.1 Å². The number of benzene rings is 3. The maximum atomic E-state index is 13.4. The van der Waals surface area contributed by atoms with Gasteiger partial charge in [0.05, 0.1) is 22.3 Å². The van der Waals surface area contributed by atoms with E-state index in [0.717, 1.165) is 33.6 Å². The first kappa shape index (κ1) is 21.8. The second-order valence-corrected chi connectivity index (χ2v) is 8.89. The van der Waals surface area contributed by atoms with Crippen LogP contribution in [0.4, 0.5) is 5.69 Å². The molecule has 0 saturated heterocycles. The number of carbonyl (C=O) groups is 1. The molecule has 1 N–H and O–H groups in total. The Morgan fingerprint density at radius 2 is 1.66 bits per heavy atom. The van der Waals surface area contributed by atoms with Crippen molar-refractivity contribution in [2.24, 2.45) is 0 Å². The Kier molecular flexibility index (Phi) is 6.15. The monoisotopic (exact) mass is 443 g/mol. The van der Waals surface area contributed by atoms with Crippen molar-refractivity contribution in [1.29, 1.82) is 0 Å². The van der Waals surface area contributed by atoms with Crippen LogP contribution in [-0.4, -0.2) is 21.2 Å². The Morgan fingerprint density at radius 1 is 0.938 bits per heavy atom. The van der Waals surface area contributed by atoms with Gasteiger partial charge in [0.25, 0.3) is 5.56 Å². The molecule has 5 nitrogen and oxygen atoms in total. The minimum atomic E-state index is -0.139. The van der Waals surface area contributed by atoms with Crippen LogP contribution in [0.1, 0.15) is 22.3 Å². The quantitative estimate of drug-likeness (QED) is 0.334. The van der Waals surface area contributed by atoms with Crippen molar-refractivity contribution < 1.29 is 4.79 Å². The Morgan fingerprint density at radius 3 is 2.38 bits per heavy atom. The number of nitrogens with zero attached hydrogens (tertiary/aromatic N) is 2. The Balaban J connectivity index is 1.71. The average Bonchev–Trinajstić information content (AvgIpc) is 2.76. The number of amides is 1. The lowest BCUT2D eigenvalue weighted by atomic mass is 10.1. The van der Waals surface area contributed by atoms with Crippen molar-refractivity contribution >= 4 is 34.3 Å². The summed E-state index contributed by atoms with van der Waals surface area (Å²) in [6.45, 7) is 7.94. The molecule has 1 amide bonds. The molecule has 0 aliphatic carbocycles. The van der Waals surface area contributed by atoms with Gasteiger partial charge in [-0.3, -0.25) is 14.2 Å². The van der Waals surface area contributed by atoms with Crippen molar-refractivity contribution in [2.75, 3.05) is 11.1 Å². The molecule has 6 heteroatoms. The second-order valence-electron chi connectivity index (χ2n) is 7.95. The van der Waals surface area contributed by atoms with Crippen LogP contribution in [-0.2, 0) is 4.79 Å². The van der Waals surface area contributed by atoms with Crippen LogP contribution in [0.5, 0.6) is 0 Å². The van der Waals surface area contributed by atoms with Crippen molar-refractivity contribution in [3.63, 3.8) is 0 Å². The predicted molar refractivity (Wildman–Crippen MR) is 132 cm³/mol. The van der Waals surface area contributed by atoms with Gasteiger partial charge < -0.3 is 5.32 Å². The van der Waals surface area contributed by atoms with Gasteiger partial charge in [-0.2, -0.15) is 0 Å². The number of carbonyl (C=O) groups excluding carboxylic acids is 1. The van der Waals surface area contributed by atoms with E-state index in [-0.39, 0.29) is 17.2 Å². The molecule has 0 unspecified atom stereocenters. The van der Waals surface area contributed by atoms with Gasteiger partial charge in [0.15, 0.2) is 5.16 Å².